The number of nitrogens with zero attached hydrogens (tertiary/aromatic N) is 2. The van der Waals surface area contributed by atoms with Gasteiger partial charge in [-0.25, -0.2) is 0 Å². The van der Waals surface area contributed by atoms with Crippen LogP contribution in [0.25, 0.3) is 0 Å². The molecule has 122 valence electrons. The molecule has 0 saturated carbocycles. The molecule has 0 aliphatic carbocycles. The molecule has 0 aromatic heterocycles. The smallest absolute Gasteiger partial charge is 0.0108 e. The Balaban J connectivity index is 4.22. The summed E-state index contributed by atoms with van der Waals surface area (Å²) in [5.74, 6) is 0.612. The Kier molecular flexibility index (Phi) is 12.3. The fourth-order valence-corrected chi connectivity index (χ4v) is 2.79. The lowest BCUT2D eigenvalue weighted by Gasteiger charge is -2.32. The van der Waals surface area contributed by atoms with Crippen molar-refractivity contribution >= 4 is 0 Å². The molecule has 2 atom stereocenters. The number of hydrogen-bond donors (Lipinski definition) is 4. The SMILES string of the molecule is CC(CC(C)N(CCN)CCN)CN(CCN)CCN. The van der Waals surface area contributed by atoms with Gasteiger partial charge in [-0.3, -0.25) is 4.90 Å². The fraction of sp³-hybridized carbons (Fsp3) is 1.00. The van der Waals surface area contributed by atoms with Gasteiger partial charge in [0.2, 0.25) is 0 Å². The Morgan fingerprint density at radius 2 is 1.20 bits per heavy atom. The third kappa shape index (κ3) is 8.84. The van der Waals surface area contributed by atoms with Crippen molar-refractivity contribution in [3.8, 4) is 0 Å². The van der Waals surface area contributed by atoms with Crippen molar-refractivity contribution in [1.29, 1.82) is 0 Å². The van der Waals surface area contributed by atoms with Gasteiger partial charge in [0, 0.05) is 64.9 Å². The molecule has 6 nitrogen and oxygen atoms in total. The first-order valence-electron chi connectivity index (χ1n) is 7.85. The molecule has 0 bridgehead atoms. The number of nitrogens with two attached hydrogens (primary N) is 4. The number of rotatable bonds is 13. The maximum atomic E-state index is 5.67. The van der Waals surface area contributed by atoms with Gasteiger partial charge in [-0.2, -0.15) is 0 Å². The minimum absolute atomic E-state index is 0.509. The minimum Gasteiger partial charge on any atom is -0.329 e. The van der Waals surface area contributed by atoms with Crippen LogP contribution in [-0.4, -0.2) is 74.7 Å². The van der Waals surface area contributed by atoms with Crippen molar-refractivity contribution in [1.82, 2.24) is 9.80 Å². The van der Waals surface area contributed by atoms with Crippen molar-refractivity contribution in [2.45, 2.75) is 26.3 Å². The molecule has 0 radical (unpaired) electrons. The summed E-state index contributed by atoms with van der Waals surface area (Å²) in [6.45, 7) is 12.0. The zero-order chi connectivity index (χ0) is 15.4. The minimum atomic E-state index is 0.509. The van der Waals surface area contributed by atoms with Gasteiger partial charge in [0.1, 0.15) is 0 Å². The molecule has 0 aliphatic heterocycles. The van der Waals surface area contributed by atoms with Crippen LogP contribution in [0.2, 0.25) is 0 Å². The summed E-state index contributed by atoms with van der Waals surface area (Å²) in [5.41, 5.74) is 22.6. The highest BCUT2D eigenvalue weighted by Crippen LogP contribution is 2.12. The largest absolute Gasteiger partial charge is 0.329 e. The quantitative estimate of drug-likeness (QED) is 0.340. The van der Waals surface area contributed by atoms with Crippen LogP contribution in [0.4, 0.5) is 0 Å². The zero-order valence-electron chi connectivity index (χ0n) is 13.4. The first-order valence-corrected chi connectivity index (χ1v) is 7.85. The van der Waals surface area contributed by atoms with E-state index < -0.39 is 0 Å². The normalized spacial score (nSPS) is 15.0. The summed E-state index contributed by atoms with van der Waals surface area (Å²) < 4.78 is 0. The first-order chi connectivity index (χ1) is 9.58. The molecule has 0 amide bonds. The van der Waals surface area contributed by atoms with Gasteiger partial charge in [-0.15, -0.1) is 0 Å². The Morgan fingerprint density at radius 1 is 0.750 bits per heavy atom. The summed E-state index contributed by atoms with van der Waals surface area (Å²) in [7, 11) is 0. The van der Waals surface area contributed by atoms with E-state index in [2.05, 4.69) is 23.6 Å². The summed E-state index contributed by atoms with van der Waals surface area (Å²) in [6.07, 6.45) is 1.14. The third-order valence-electron chi connectivity index (χ3n) is 3.66. The van der Waals surface area contributed by atoms with Gasteiger partial charge in [0.15, 0.2) is 0 Å². The molecule has 8 N–H and O–H groups in total. The van der Waals surface area contributed by atoms with E-state index in [9.17, 15) is 0 Å². The topological polar surface area (TPSA) is 111 Å². The highest BCUT2D eigenvalue weighted by atomic mass is 15.2. The monoisotopic (exact) mass is 288 g/mol. The maximum Gasteiger partial charge on any atom is 0.0108 e. The van der Waals surface area contributed by atoms with Gasteiger partial charge in [0.05, 0.1) is 0 Å². The van der Waals surface area contributed by atoms with Crippen LogP contribution in [0.3, 0.4) is 0 Å². The Bertz CT molecular complexity index is 202. The van der Waals surface area contributed by atoms with Gasteiger partial charge >= 0.3 is 0 Å². The maximum absolute atomic E-state index is 5.67. The highest BCUT2D eigenvalue weighted by molar-refractivity contribution is 4.73. The van der Waals surface area contributed by atoms with Crippen LogP contribution >= 0.6 is 0 Å². The lowest BCUT2D eigenvalue weighted by atomic mass is 10.0. The van der Waals surface area contributed by atoms with E-state index in [1.807, 2.05) is 0 Å². The van der Waals surface area contributed by atoms with Crippen LogP contribution in [0, 0.1) is 5.92 Å². The predicted octanol–water partition coefficient (Wildman–Crippen LogP) is -1.16. The van der Waals surface area contributed by atoms with E-state index in [-0.39, 0.29) is 0 Å². The van der Waals surface area contributed by atoms with Crippen molar-refractivity contribution in [3.63, 3.8) is 0 Å². The summed E-state index contributed by atoms with van der Waals surface area (Å²) >= 11 is 0. The van der Waals surface area contributed by atoms with Crippen LogP contribution in [0.1, 0.15) is 20.3 Å². The molecule has 2 unspecified atom stereocenters. The van der Waals surface area contributed by atoms with Crippen molar-refractivity contribution in [3.05, 3.63) is 0 Å². The van der Waals surface area contributed by atoms with Crippen LogP contribution in [-0.2, 0) is 0 Å². The van der Waals surface area contributed by atoms with Crippen LogP contribution < -0.4 is 22.9 Å². The van der Waals surface area contributed by atoms with Crippen LogP contribution in [0.5, 0.6) is 0 Å². The van der Waals surface area contributed by atoms with E-state index in [0.717, 1.165) is 39.1 Å². The van der Waals surface area contributed by atoms with Crippen molar-refractivity contribution in [2.75, 3.05) is 58.9 Å². The second-order valence-corrected chi connectivity index (χ2v) is 5.68. The Hall–Kier alpha value is -0.240. The fourth-order valence-electron chi connectivity index (χ4n) is 2.79. The molecule has 0 spiro atoms. The van der Waals surface area contributed by atoms with Gasteiger partial charge in [-0.1, -0.05) is 6.92 Å². The summed E-state index contributed by atoms with van der Waals surface area (Å²) in [5, 5.41) is 0. The lowest BCUT2D eigenvalue weighted by Crippen LogP contribution is -2.42. The Labute approximate surface area is 124 Å². The van der Waals surface area contributed by atoms with E-state index in [1.165, 1.54) is 0 Å². The molecular weight excluding hydrogens is 252 g/mol. The van der Waals surface area contributed by atoms with E-state index in [4.69, 9.17) is 22.9 Å². The molecule has 20 heavy (non-hydrogen) atoms. The second-order valence-electron chi connectivity index (χ2n) is 5.68. The molecular formula is C14H36N6. The van der Waals surface area contributed by atoms with Gasteiger partial charge < -0.3 is 27.8 Å². The number of hydrogen-bond acceptors (Lipinski definition) is 6. The average molecular weight is 288 g/mol. The zero-order valence-corrected chi connectivity index (χ0v) is 13.4. The predicted molar refractivity (Wildman–Crippen MR) is 87.5 cm³/mol. The third-order valence-corrected chi connectivity index (χ3v) is 3.66. The Morgan fingerprint density at radius 3 is 1.60 bits per heavy atom. The van der Waals surface area contributed by atoms with Gasteiger partial charge in [0.25, 0.3) is 0 Å². The molecule has 0 aromatic rings. The van der Waals surface area contributed by atoms with Crippen molar-refractivity contribution < 1.29 is 0 Å². The summed E-state index contributed by atoms with van der Waals surface area (Å²) in [6, 6.07) is 0.509. The second kappa shape index (κ2) is 12.5. The molecule has 0 fully saturated rings. The molecule has 6 heteroatoms. The van der Waals surface area contributed by atoms with E-state index >= 15 is 0 Å². The molecule has 0 saturated heterocycles. The molecule has 0 aliphatic rings. The molecule has 0 rings (SSSR count). The first kappa shape index (κ1) is 19.8. The van der Waals surface area contributed by atoms with E-state index in [1.54, 1.807) is 0 Å². The highest BCUT2D eigenvalue weighted by Gasteiger charge is 2.17. The van der Waals surface area contributed by atoms with Crippen LogP contribution in [0.15, 0.2) is 0 Å². The van der Waals surface area contributed by atoms with Gasteiger partial charge in [-0.05, 0) is 19.3 Å². The molecule has 0 aromatic carbocycles. The lowest BCUT2D eigenvalue weighted by molar-refractivity contribution is 0.170. The van der Waals surface area contributed by atoms with Crippen molar-refractivity contribution in [2.24, 2.45) is 28.9 Å². The average Bonchev–Trinajstić information content (AvgIpc) is 2.38. The standard InChI is InChI=1S/C14H36N6/c1-13(12-19(7-3-15)8-4-16)11-14(2)20(9-5-17)10-6-18/h13-14H,3-12,15-18H2,1-2H3. The summed E-state index contributed by atoms with van der Waals surface area (Å²) in [4.78, 5) is 4.74. The van der Waals surface area contributed by atoms with E-state index in [0.29, 0.717) is 38.1 Å². The molecule has 0 heterocycles.